The summed E-state index contributed by atoms with van der Waals surface area (Å²) in [5, 5.41) is 1.72. The molecule has 0 heterocycles. The van der Waals surface area contributed by atoms with Gasteiger partial charge in [-0.2, -0.15) is 0 Å². The molecule has 1 aliphatic carbocycles. The summed E-state index contributed by atoms with van der Waals surface area (Å²) in [7, 11) is 0.121. The van der Waals surface area contributed by atoms with Crippen LogP contribution in [0, 0.1) is 12.3 Å². The maximum absolute atomic E-state index is 6.14. The summed E-state index contributed by atoms with van der Waals surface area (Å²) in [6, 6.07) is 4.74. The van der Waals surface area contributed by atoms with E-state index in [1.54, 1.807) is 0 Å². The van der Waals surface area contributed by atoms with Gasteiger partial charge in [0.25, 0.3) is 0 Å². The van der Waals surface area contributed by atoms with Gasteiger partial charge < -0.3 is 4.74 Å². The van der Waals surface area contributed by atoms with Crippen molar-refractivity contribution < 1.29 is 4.74 Å². The third kappa shape index (κ3) is 4.03. The highest BCUT2D eigenvalue weighted by Gasteiger charge is 2.41. The lowest BCUT2D eigenvalue weighted by Crippen LogP contribution is -2.50. The van der Waals surface area contributed by atoms with Crippen molar-refractivity contribution in [3.8, 4) is 5.75 Å². The van der Waals surface area contributed by atoms with Crippen LogP contribution in [0.1, 0.15) is 72.9 Å². The molecule has 0 atom stereocenters. The Labute approximate surface area is 175 Å². The van der Waals surface area contributed by atoms with Crippen molar-refractivity contribution in [2.45, 2.75) is 92.3 Å². The first-order valence-electron chi connectivity index (χ1n) is 10.6. The predicted molar refractivity (Wildman–Crippen MR) is 128 cm³/mol. The fourth-order valence-corrected chi connectivity index (χ4v) is 6.17. The van der Waals surface area contributed by atoms with E-state index in [0.29, 0.717) is 0 Å². The topological polar surface area (TPSA) is 9.23 Å². The maximum atomic E-state index is 6.14. The van der Waals surface area contributed by atoms with Crippen LogP contribution in [0.25, 0.3) is 0 Å². The molecule has 0 amide bonds. The summed E-state index contributed by atoms with van der Waals surface area (Å²) < 4.78 is 6.14. The van der Waals surface area contributed by atoms with Gasteiger partial charge in [-0.3, -0.25) is 0 Å². The summed E-state index contributed by atoms with van der Waals surface area (Å²) in [5.41, 5.74) is 5.85. The van der Waals surface area contributed by atoms with Crippen LogP contribution in [-0.2, 0) is 5.41 Å². The van der Waals surface area contributed by atoms with Gasteiger partial charge in [-0.05, 0) is 29.0 Å². The number of hydrogen-bond acceptors (Lipinski definition) is 1. The van der Waals surface area contributed by atoms with Crippen LogP contribution in [-0.4, -0.2) is 15.2 Å². The molecule has 0 fully saturated rings. The molecule has 1 aromatic carbocycles. The molecule has 156 valence electrons. The van der Waals surface area contributed by atoms with E-state index < -0.39 is 8.07 Å². The van der Waals surface area contributed by atoms with Gasteiger partial charge in [-0.15, -0.1) is 0 Å². The van der Waals surface area contributed by atoms with Crippen molar-refractivity contribution >= 4 is 13.3 Å². The fraction of sp³-hybridized carbons (Fsp3) is 0.615. The molecular formula is C26H42OSi. The molecule has 0 saturated heterocycles. The third-order valence-corrected chi connectivity index (χ3v) is 12.8. The third-order valence-electron chi connectivity index (χ3n) is 7.29. The molecule has 0 bridgehead atoms. The largest absolute Gasteiger partial charge is 0.497 e. The molecule has 0 saturated carbocycles. The normalized spacial score (nSPS) is 16.1. The predicted octanol–water partition coefficient (Wildman–Crippen LogP) is 7.30. The van der Waals surface area contributed by atoms with E-state index in [0.717, 1.165) is 12.2 Å². The Morgan fingerprint density at radius 3 is 1.82 bits per heavy atom. The first kappa shape index (κ1) is 23.0. The fourth-order valence-electron chi connectivity index (χ4n) is 3.97. The van der Waals surface area contributed by atoms with E-state index in [4.69, 9.17) is 4.74 Å². The van der Waals surface area contributed by atoms with Gasteiger partial charge in [0.05, 0.1) is 15.2 Å². The molecule has 0 radical (unpaired) electrons. The van der Waals surface area contributed by atoms with Crippen molar-refractivity contribution in [3.05, 3.63) is 46.6 Å². The summed E-state index contributed by atoms with van der Waals surface area (Å²) in [6.45, 7) is 26.0. The zero-order valence-corrected chi connectivity index (χ0v) is 21.4. The minimum Gasteiger partial charge on any atom is -0.497 e. The molecular weight excluding hydrogens is 356 g/mol. The zero-order chi connectivity index (χ0) is 21.7. The number of hydrogen-bond donors (Lipinski definition) is 0. The highest BCUT2D eigenvalue weighted by molar-refractivity contribution is 6.92. The molecule has 1 aromatic rings. The summed E-state index contributed by atoms with van der Waals surface area (Å²) >= 11 is 0. The van der Waals surface area contributed by atoms with E-state index in [1.165, 1.54) is 27.5 Å². The molecule has 2 heteroatoms. The SMILES string of the molecule is COc1c(C(C)(C)C2=CC=C(C(C)(C)C)C2)cc(C)cc1[Si](C)(C)C(C)(C)C. The molecule has 1 nitrogen and oxygen atoms in total. The second kappa shape index (κ2) is 7.20. The van der Waals surface area contributed by atoms with E-state index in [9.17, 15) is 0 Å². The smallest absolute Gasteiger partial charge is 0.122 e. The molecule has 0 N–H and O–H groups in total. The quantitative estimate of drug-likeness (QED) is 0.483. The van der Waals surface area contributed by atoms with Crippen molar-refractivity contribution in [2.24, 2.45) is 5.41 Å². The average Bonchev–Trinajstić information content (AvgIpc) is 3.03. The molecule has 0 unspecified atom stereocenters. The van der Waals surface area contributed by atoms with Crippen LogP contribution in [0.2, 0.25) is 18.1 Å². The lowest BCUT2D eigenvalue weighted by atomic mass is 9.74. The van der Waals surface area contributed by atoms with E-state index in [2.05, 4.69) is 99.7 Å². The van der Waals surface area contributed by atoms with Gasteiger partial charge in [-0.1, -0.05) is 109 Å². The molecule has 0 spiro atoms. The molecule has 1 aliphatic rings. The summed E-state index contributed by atoms with van der Waals surface area (Å²) in [6.07, 6.45) is 5.76. The van der Waals surface area contributed by atoms with E-state index >= 15 is 0 Å². The second-order valence-corrected chi connectivity index (χ2v) is 17.0. The number of rotatable bonds is 4. The highest BCUT2D eigenvalue weighted by atomic mass is 28.3. The van der Waals surface area contributed by atoms with Crippen molar-refractivity contribution in [2.75, 3.05) is 7.11 Å². The first-order valence-corrected chi connectivity index (χ1v) is 13.6. The van der Waals surface area contributed by atoms with Crippen molar-refractivity contribution in [1.29, 1.82) is 0 Å². The first-order chi connectivity index (χ1) is 12.5. The second-order valence-electron chi connectivity index (χ2n) is 11.7. The highest BCUT2D eigenvalue weighted by Crippen LogP contribution is 2.46. The van der Waals surface area contributed by atoms with Gasteiger partial charge >= 0.3 is 0 Å². The average molecular weight is 399 g/mol. The van der Waals surface area contributed by atoms with Crippen LogP contribution >= 0.6 is 0 Å². The Morgan fingerprint density at radius 2 is 1.39 bits per heavy atom. The molecule has 28 heavy (non-hydrogen) atoms. The monoisotopic (exact) mass is 398 g/mol. The van der Waals surface area contributed by atoms with Crippen LogP contribution in [0.15, 0.2) is 35.4 Å². The van der Waals surface area contributed by atoms with Crippen LogP contribution in [0.3, 0.4) is 0 Å². The van der Waals surface area contributed by atoms with Crippen LogP contribution in [0.4, 0.5) is 0 Å². The van der Waals surface area contributed by atoms with E-state index in [1.807, 2.05) is 7.11 Å². The number of allylic oxidation sites excluding steroid dienone is 4. The number of benzene rings is 1. The molecule has 2 rings (SSSR count). The molecule has 0 aliphatic heterocycles. The van der Waals surface area contributed by atoms with Gasteiger partial charge in [-0.25, -0.2) is 0 Å². The number of methoxy groups -OCH3 is 1. The maximum Gasteiger partial charge on any atom is 0.122 e. The number of aryl methyl sites for hydroxylation is 1. The van der Waals surface area contributed by atoms with Crippen molar-refractivity contribution in [3.63, 3.8) is 0 Å². The van der Waals surface area contributed by atoms with E-state index in [-0.39, 0.29) is 15.9 Å². The van der Waals surface area contributed by atoms with Gasteiger partial charge in [0.1, 0.15) is 5.75 Å². The van der Waals surface area contributed by atoms with Crippen LogP contribution in [0.5, 0.6) is 5.75 Å². The van der Waals surface area contributed by atoms with Gasteiger partial charge in [0.15, 0.2) is 0 Å². The minimum absolute atomic E-state index is 0.0576. The zero-order valence-electron chi connectivity index (χ0n) is 20.4. The van der Waals surface area contributed by atoms with Crippen molar-refractivity contribution in [1.82, 2.24) is 0 Å². The lowest BCUT2D eigenvalue weighted by Gasteiger charge is -2.40. The Morgan fingerprint density at radius 1 is 0.857 bits per heavy atom. The number of ether oxygens (including phenoxy) is 1. The molecule has 0 aromatic heterocycles. The van der Waals surface area contributed by atoms with Crippen LogP contribution < -0.4 is 9.92 Å². The summed E-state index contributed by atoms with van der Waals surface area (Å²) in [4.78, 5) is 0. The minimum atomic E-state index is -1.73. The lowest BCUT2D eigenvalue weighted by molar-refractivity contribution is 0.401. The Hall–Kier alpha value is -1.28. The van der Waals surface area contributed by atoms with Gasteiger partial charge in [0.2, 0.25) is 0 Å². The Kier molecular flexibility index (Phi) is 5.91. The van der Waals surface area contributed by atoms with Gasteiger partial charge in [0, 0.05) is 11.0 Å². The Bertz CT molecular complexity index is 808. The Balaban J connectivity index is 2.61. The summed E-state index contributed by atoms with van der Waals surface area (Å²) in [5.74, 6) is 1.12. The standard InChI is InChI=1S/C26H42OSi/c1-18-15-21(23(27-10)22(16-18)28(11,12)25(5,6)7)26(8,9)20-14-13-19(17-20)24(2,3)4/h13-16H,17H2,1-12H3.